The van der Waals surface area contributed by atoms with Crippen LogP contribution in [0.15, 0.2) is 24.8 Å². The van der Waals surface area contributed by atoms with E-state index >= 15 is 0 Å². The van der Waals surface area contributed by atoms with Crippen LogP contribution >= 0.6 is 12.2 Å². The summed E-state index contributed by atoms with van der Waals surface area (Å²) in [5, 5.41) is 2.98. The molecule has 2 heterocycles. The summed E-state index contributed by atoms with van der Waals surface area (Å²) < 4.78 is 10.7. The van der Waals surface area contributed by atoms with E-state index in [1.54, 1.807) is 11.0 Å². The lowest BCUT2D eigenvalue weighted by atomic mass is 9.96. The van der Waals surface area contributed by atoms with E-state index in [0.717, 1.165) is 42.4 Å². The first-order chi connectivity index (χ1) is 16.8. The van der Waals surface area contributed by atoms with Crippen LogP contribution in [-0.4, -0.2) is 64.7 Å². The quantitative estimate of drug-likeness (QED) is 0.452. The van der Waals surface area contributed by atoms with Crippen molar-refractivity contribution in [3.05, 3.63) is 41.5 Å². The lowest BCUT2D eigenvalue weighted by molar-refractivity contribution is -0.151. The minimum atomic E-state index is -0.842. The van der Waals surface area contributed by atoms with Gasteiger partial charge in [0.1, 0.15) is 18.2 Å². The molecular weight excluding hydrogens is 468 g/mol. The van der Waals surface area contributed by atoms with Crippen LogP contribution in [0, 0.1) is 5.92 Å². The van der Waals surface area contributed by atoms with Crippen molar-refractivity contribution < 1.29 is 23.9 Å². The SMILES string of the molecule is C=Cc1cccc2c1CN(C(=O)O[C@@H]1C[C@@H](C(=O)OC)N(C(=O)[C@@H](NC(N)=S)C3CCCC3)C1)C2. The number of benzene rings is 1. The standard InChI is InChI=1S/C25H32N4O5S/c1-3-15-9-6-10-17-12-28(14-19(15)17)25(32)34-18-11-20(23(31)33-2)29(13-18)22(30)21(27-24(26)35)16-7-4-5-8-16/h3,6,9-10,16,18,20-21H,1,4-5,7-8,11-14H2,2H3,(H3,26,27,35)/t18-,20+,21+/m1/s1. The van der Waals surface area contributed by atoms with Gasteiger partial charge in [-0.1, -0.05) is 43.7 Å². The summed E-state index contributed by atoms with van der Waals surface area (Å²) in [6.45, 7) is 4.81. The molecule has 3 aliphatic rings. The fourth-order valence-corrected chi connectivity index (χ4v) is 5.60. The number of likely N-dealkylation sites (tertiary alicyclic amines) is 1. The normalized spacial score (nSPS) is 22.4. The predicted octanol–water partition coefficient (Wildman–Crippen LogP) is 2.32. The third-order valence-electron chi connectivity index (χ3n) is 7.22. The molecule has 2 fully saturated rings. The second-order valence-corrected chi connectivity index (χ2v) is 9.79. The van der Waals surface area contributed by atoms with Crippen molar-refractivity contribution in [1.82, 2.24) is 15.1 Å². The fourth-order valence-electron chi connectivity index (χ4n) is 5.48. The summed E-state index contributed by atoms with van der Waals surface area (Å²) in [7, 11) is 1.28. The van der Waals surface area contributed by atoms with Gasteiger partial charge in [-0.3, -0.25) is 9.69 Å². The highest BCUT2D eigenvalue weighted by molar-refractivity contribution is 7.80. The molecule has 2 aliphatic heterocycles. The number of carbonyl (C=O) groups excluding carboxylic acids is 3. The van der Waals surface area contributed by atoms with Gasteiger partial charge in [0.2, 0.25) is 5.91 Å². The van der Waals surface area contributed by atoms with Crippen LogP contribution in [-0.2, 0) is 32.2 Å². The zero-order valence-corrected chi connectivity index (χ0v) is 20.7. The second-order valence-electron chi connectivity index (χ2n) is 9.35. The summed E-state index contributed by atoms with van der Waals surface area (Å²) in [4.78, 5) is 42.2. The van der Waals surface area contributed by atoms with Crippen LogP contribution < -0.4 is 11.1 Å². The maximum Gasteiger partial charge on any atom is 0.410 e. The summed E-state index contributed by atoms with van der Waals surface area (Å²) in [5.74, 6) is -0.740. The van der Waals surface area contributed by atoms with E-state index in [1.165, 1.54) is 12.0 Å². The van der Waals surface area contributed by atoms with Gasteiger partial charge in [-0.15, -0.1) is 0 Å². The number of hydrogen-bond donors (Lipinski definition) is 2. The lowest BCUT2D eigenvalue weighted by Gasteiger charge is -2.31. The Morgan fingerprint density at radius 2 is 2.00 bits per heavy atom. The Morgan fingerprint density at radius 1 is 1.26 bits per heavy atom. The summed E-state index contributed by atoms with van der Waals surface area (Å²) in [6.07, 6.45) is 4.65. The number of methoxy groups -OCH3 is 1. The number of nitrogens with one attached hydrogen (secondary N) is 1. The topological polar surface area (TPSA) is 114 Å². The molecular formula is C25H32N4O5S. The number of fused-ring (bicyclic) bond motifs is 1. The first-order valence-corrected chi connectivity index (χ1v) is 12.4. The molecule has 1 aliphatic carbocycles. The number of hydrogen-bond acceptors (Lipinski definition) is 6. The molecule has 0 spiro atoms. The number of amides is 2. The van der Waals surface area contributed by atoms with Gasteiger partial charge in [-0.05, 0) is 47.7 Å². The van der Waals surface area contributed by atoms with Crippen molar-refractivity contribution >= 4 is 41.4 Å². The number of nitrogens with zero attached hydrogens (tertiary/aromatic N) is 2. The zero-order valence-electron chi connectivity index (χ0n) is 19.9. The predicted molar refractivity (Wildman–Crippen MR) is 134 cm³/mol. The van der Waals surface area contributed by atoms with Crippen molar-refractivity contribution in [1.29, 1.82) is 0 Å². The van der Waals surface area contributed by atoms with E-state index < -0.39 is 30.3 Å². The molecule has 0 radical (unpaired) electrons. The van der Waals surface area contributed by atoms with Gasteiger partial charge < -0.3 is 25.4 Å². The second kappa shape index (κ2) is 10.6. The minimum absolute atomic E-state index is 0.0412. The Kier molecular flexibility index (Phi) is 7.59. The first-order valence-electron chi connectivity index (χ1n) is 12.0. The van der Waals surface area contributed by atoms with Gasteiger partial charge in [-0.2, -0.15) is 0 Å². The molecule has 10 heteroatoms. The third-order valence-corrected chi connectivity index (χ3v) is 7.34. The van der Waals surface area contributed by atoms with E-state index in [2.05, 4.69) is 11.9 Å². The van der Waals surface area contributed by atoms with Gasteiger partial charge in [-0.25, -0.2) is 9.59 Å². The molecule has 3 N–H and O–H groups in total. The number of nitrogens with two attached hydrogens (primary N) is 1. The van der Waals surface area contributed by atoms with Gasteiger partial charge in [0.25, 0.3) is 0 Å². The first kappa shape index (κ1) is 25.0. The van der Waals surface area contributed by atoms with Gasteiger partial charge in [0.05, 0.1) is 20.2 Å². The largest absolute Gasteiger partial charge is 0.467 e. The highest BCUT2D eigenvalue weighted by Crippen LogP contribution is 2.32. The highest BCUT2D eigenvalue weighted by Gasteiger charge is 2.46. The van der Waals surface area contributed by atoms with Crippen molar-refractivity contribution in [3.8, 4) is 0 Å². The molecule has 9 nitrogen and oxygen atoms in total. The smallest absolute Gasteiger partial charge is 0.410 e. The number of ether oxygens (including phenoxy) is 2. The Bertz CT molecular complexity index is 1030. The van der Waals surface area contributed by atoms with Crippen molar-refractivity contribution in [2.24, 2.45) is 11.7 Å². The van der Waals surface area contributed by atoms with E-state index in [4.69, 9.17) is 27.4 Å². The molecule has 0 bridgehead atoms. The summed E-state index contributed by atoms with van der Waals surface area (Å²) in [6, 6.07) is 4.42. The Balaban J connectivity index is 1.46. The zero-order chi connectivity index (χ0) is 25.1. The van der Waals surface area contributed by atoms with Crippen molar-refractivity contribution in [3.63, 3.8) is 0 Å². The molecule has 1 saturated carbocycles. The number of carbonyl (C=O) groups is 3. The minimum Gasteiger partial charge on any atom is -0.467 e. The maximum absolute atomic E-state index is 13.6. The molecule has 2 amide bonds. The summed E-state index contributed by atoms with van der Waals surface area (Å²) >= 11 is 5.02. The number of rotatable bonds is 6. The van der Waals surface area contributed by atoms with Crippen LogP contribution in [0.4, 0.5) is 4.79 Å². The number of esters is 1. The third kappa shape index (κ3) is 5.27. The molecule has 35 heavy (non-hydrogen) atoms. The molecule has 188 valence electrons. The molecule has 3 atom stereocenters. The molecule has 0 aromatic heterocycles. The van der Waals surface area contributed by atoms with Gasteiger partial charge in [0.15, 0.2) is 5.11 Å². The average molecular weight is 501 g/mol. The lowest BCUT2D eigenvalue weighted by Crippen LogP contribution is -2.55. The van der Waals surface area contributed by atoms with Gasteiger partial charge >= 0.3 is 12.1 Å². The fraction of sp³-hybridized carbons (Fsp3) is 0.520. The van der Waals surface area contributed by atoms with Crippen LogP contribution in [0.1, 0.15) is 48.8 Å². The maximum atomic E-state index is 13.6. The van der Waals surface area contributed by atoms with E-state index in [0.29, 0.717) is 13.1 Å². The van der Waals surface area contributed by atoms with Gasteiger partial charge in [0, 0.05) is 13.0 Å². The van der Waals surface area contributed by atoms with Crippen LogP contribution in [0.5, 0.6) is 0 Å². The van der Waals surface area contributed by atoms with Crippen LogP contribution in [0.3, 0.4) is 0 Å². The van der Waals surface area contributed by atoms with E-state index in [-0.39, 0.29) is 29.9 Å². The monoisotopic (exact) mass is 500 g/mol. The number of thiocarbonyl (C=S) groups is 1. The highest BCUT2D eigenvalue weighted by atomic mass is 32.1. The van der Waals surface area contributed by atoms with Crippen molar-refractivity contribution in [2.45, 2.75) is 63.4 Å². The molecule has 0 unspecified atom stereocenters. The van der Waals surface area contributed by atoms with E-state index in [1.807, 2.05) is 18.2 Å². The molecule has 1 aromatic carbocycles. The van der Waals surface area contributed by atoms with Crippen LogP contribution in [0.25, 0.3) is 6.08 Å². The summed E-state index contributed by atoms with van der Waals surface area (Å²) in [5.41, 5.74) is 8.81. The van der Waals surface area contributed by atoms with Crippen LogP contribution in [0.2, 0.25) is 0 Å². The molecule has 1 aromatic rings. The Hall–Kier alpha value is -3.14. The Morgan fingerprint density at radius 3 is 2.66 bits per heavy atom. The van der Waals surface area contributed by atoms with Crippen molar-refractivity contribution in [2.75, 3.05) is 13.7 Å². The molecule has 4 rings (SSSR count). The van der Waals surface area contributed by atoms with E-state index in [9.17, 15) is 14.4 Å². The Labute approximate surface area is 210 Å². The average Bonchev–Trinajstić information content (AvgIpc) is 3.60. The molecule has 1 saturated heterocycles.